The Bertz CT molecular complexity index is 817. The van der Waals surface area contributed by atoms with E-state index in [2.05, 4.69) is 15.4 Å². The van der Waals surface area contributed by atoms with Crippen LogP contribution in [0.2, 0.25) is 0 Å². The first-order valence-corrected chi connectivity index (χ1v) is 7.97. The highest BCUT2D eigenvalue weighted by Gasteiger charge is 2.17. The van der Waals surface area contributed by atoms with Gasteiger partial charge in [0.05, 0.1) is 24.5 Å². The topological polar surface area (TPSA) is 93.7 Å². The van der Waals surface area contributed by atoms with Gasteiger partial charge in [0.1, 0.15) is 5.75 Å². The summed E-state index contributed by atoms with van der Waals surface area (Å²) < 4.78 is 10.2. The number of nitrogens with one attached hydrogen (secondary N) is 2. The highest BCUT2D eigenvalue weighted by atomic mass is 16.5. The average Bonchev–Trinajstić information content (AvgIpc) is 2.62. The van der Waals surface area contributed by atoms with Gasteiger partial charge in [0.15, 0.2) is 0 Å². The second-order valence-corrected chi connectivity index (χ2v) is 5.64. The van der Waals surface area contributed by atoms with E-state index in [1.54, 1.807) is 42.5 Å². The van der Waals surface area contributed by atoms with Crippen molar-refractivity contribution in [3.8, 4) is 5.75 Å². The number of esters is 1. The number of amides is 2. The minimum Gasteiger partial charge on any atom is -0.489 e. The van der Waals surface area contributed by atoms with E-state index >= 15 is 0 Å². The van der Waals surface area contributed by atoms with Crippen molar-refractivity contribution >= 4 is 29.2 Å². The van der Waals surface area contributed by atoms with Gasteiger partial charge in [-0.05, 0) is 44.2 Å². The smallest absolute Gasteiger partial charge is 0.337 e. The molecule has 0 atom stereocenters. The van der Waals surface area contributed by atoms with E-state index < -0.39 is 17.8 Å². The maximum atomic E-state index is 12.2. The number of anilines is 2. The first-order chi connectivity index (χ1) is 12.4. The molecule has 0 unspecified atom stereocenters. The van der Waals surface area contributed by atoms with Gasteiger partial charge in [-0.3, -0.25) is 9.59 Å². The number of benzene rings is 2. The molecule has 2 aromatic carbocycles. The van der Waals surface area contributed by atoms with Crippen molar-refractivity contribution in [3.63, 3.8) is 0 Å². The average molecular weight is 356 g/mol. The van der Waals surface area contributed by atoms with Crippen molar-refractivity contribution in [1.82, 2.24) is 0 Å². The van der Waals surface area contributed by atoms with E-state index in [1.165, 1.54) is 13.2 Å². The molecule has 136 valence electrons. The van der Waals surface area contributed by atoms with Gasteiger partial charge in [-0.2, -0.15) is 0 Å². The Balaban J connectivity index is 2.07. The van der Waals surface area contributed by atoms with Crippen LogP contribution in [-0.4, -0.2) is 31.0 Å². The monoisotopic (exact) mass is 356 g/mol. The summed E-state index contributed by atoms with van der Waals surface area (Å²) in [6.45, 7) is 3.72. The van der Waals surface area contributed by atoms with Gasteiger partial charge in [0, 0.05) is 5.69 Å². The van der Waals surface area contributed by atoms with Crippen LogP contribution in [0.3, 0.4) is 0 Å². The Morgan fingerprint density at radius 3 is 2.31 bits per heavy atom. The van der Waals surface area contributed by atoms with Crippen molar-refractivity contribution in [2.24, 2.45) is 0 Å². The number of para-hydroxylation sites is 2. The molecule has 0 aliphatic heterocycles. The van der Waals surface area contributed by atoms with Crippen LogP contribution >= 0.6 is 0 Å². The molecule has 2 aromatic rings. The van der Waals surface area contributed by atoms with E-state index in [-0.39, 0.29) is 11.7 Å². The fraction of sp³-hybridized carbons (Fsp3) is 0.211. The van der Waals surface area contributed by atoms with Crippen LogP contribution < -0.4 is 15.4 Å². The molecule has 0 bridgehead atoms. The Kier molecular flexibility index (Phi) is 6.32. The summed E-state index contributed by atoms with van der Waals surface area (Å²) in [5.41, 5.74) is 0.964. The minimum absolute atomic E-state index is 0.0806. The third-order valence-corrected chi connectivity index (χ3v) is 3.25. The van der Waals surface area contributed by atoms with Gasteiger partial charge in [-0.15, -0.1) is 0 Å². The molecule has 0 aliphatic carbocycles. The fourth-order valence-corrected chi connectivity index (χ4v) is 2.14. The third kappa shape index (κ3) is 5.07. The Labute approximate surface area is 151 Å². The number of carbonyl (C=O) groups is 3. The molecule has 7 heteroatoms. The lowest BCUT2D eigenvalue weighted by atomic mass is 10.2. The van der Waals surface area contributed by atoms with E-state index in [4.69, 9.17) is 4.74 Å². The number of ether oxygens (including phenoxy) is 2. The molecule has 2 amide bonds. The molecule has 26 heavy (non-hydrogen) atoms. The second kappa shape index (κ2) is 8.66. The van der Waals surface area contributed by atoms with E-state index in [9.17, 15) is 14.4 Å². The van der Waals surface area contributed by atoms with Crippen molar-refractivity contribution in [3.05, 3.63) is 54.1 Å². The molecule has 2 rings (SSSR count). The molecular formula is C19H20N2O5. The molecule has 7 nitrogen and oxygen atoms in total. The van der Waals surface area contributed by atoms with Crippen LogP contribution in [-0.2, 0) is 14.3 Å². The van der Waals surface area contributed by atoms with Gasteiger partial charge in [-0.25, -0.2) is 4.79 Å². The van der Waals surface area contributed by atoms with Gasteiger partial charge in [0.2, 0.25) is 0 Å². The van der Waals surface area contributed by atoms with Crippen LogP contribution in [0.15, 0.2) is 48.5 Å². The first-order valence-electron chi connectivity index (χ1n) is 7.97. The van der Waals surface area contributed by atoms with Gasteiger partial charge in [0.25, 0.3) is 0 Å². The summed E-state index contributed by atoms with van der Waals surface area (Å²) in [6, 6.07) is 12.9. The maximum Gasteiger partial charge on any atom is 0.337 e. The van der Waals surface area contributed by atoms with Crippen LogP contribution in [0.4, 0.5) is 11.4 Å². The molecule has 0 aromatic heterocycles. The predicted molar refractivity (Wildman–Crippen MR) is 97.2 cm³/mol. The van der Waals surface area contributed by atoms with Crippen LogP contribution in [0, 0.1) is 0 Å². The molecule has 0 heterocycles. The van der Waals surface area contributed by atoms with E-state index in [0.717, 1.165) is 0 Å². The quantitative estimate of drug-likeness (QED) is 0.635. The Morgan fingerprint density at radius 1 is 0.923 bits per heavy atom. The zero-order chi connectivity index (χ0) is 19.1. The van der Waals surface area contributed by atoms with Crippen LogP contribution in [0.25, 0.3) is 0 Å². The molecule has 0 saturated carbocycles. The lowest BCUT2D eigenvalue weighted by molar-refractivity contribution is -0.133. The van der Waals surface area contributed by atoms with Gasteiger partial charge in [-0.1, -0.05) is 18.2 Å². The number of carbonyl (C=O) groups excluding carboxylic acids is 3. The number of hydrogen-bond acceptors (Lipinski definition) is 5. The van der Waals surface area contributed by atoms with Crippen molar-refractivity contribution in [1.29, 1.82) is 0 Å². The van der Waals surface area contributed by atoms with E-state index in [1.807, 2.05) is 13.8 Å². The first kappa shape index (κ1) is 19.0. The fourth-order valence-electron chi connectivity index (χ4n) is 2.14. The summed E-state index contributed by atoms with van der Waals surface area (Å²) in [6.07, 6.45) is -0.0806. The summed E-state index contributed by atoms with van der Waals surface area (Å²) >= 11 is 0. The molecule has 0 saturated heterocycles. The normalized spacial score (nSPS) is 10.2. The van der Waals surface area contributed by atoms with Crippen LogP contribution in [0.5, 0.6) is 5.75 Å². The summed E-state index contributed by atoms with van der Waals surface area (Å²) in [5, 5.41) is 4.96. The zero-order valence-electron chi connectivity index (χ0n) is 14.7. The minimum atomic E-state index is -0.869. The predicted octanol–water partition coefficient (Wildman–Crippen LogP) is 2.84. The molecule has 0 radical (unpaired) electrons. The van der Waals surface area contributed by atoms with Crippen molar-refractivity contribution in [2.45, 2.75) is 20.0 Å². The lowest BCUT2D eigenvalue weighted by Gasteiger charge is -2.14. The standard InChI is InChI=1S/C19H20N2O5/c1-12(2)26-16-10-5-4-9-15(16)21-18(23)17(22)20-14-8-6-7-13(11-14)19(24)25-3/h4-12H,1-3H3,(H,20,22)(H,21,23). The molecule has 0 aliphatic rings. The SMILES string of the molecule is COC(=O)c1cccc(NC(=O)C(=O)Nc2ccccc2OC(C)C)c1. The van der Waals surface area contributed by atoms with Crippen LogP contribution in [0.1, 0.15) is 24.2 Å². The summed E-state index contributed by atoms with van der Waals surface area (Å²) in [4.78, 5) is 35.8. The van der Waals surface area contributed by atoms with Gasteiger partial charge >= 0.3 is 17.8 Å². The lowest BCUT2D eigenvalue weighted by Crippen LogP contribution is -2.29. The molecular weight excluding hydrogens is 336 g/mol. The maximum absolute atomic E-state index is 12.2. The summed E-state index contributed by atoms with van der Waals surface area (Å²) in [7, 11) is 1.26. The highest BCUT2D eigenvalue weighted by Crippen LogP contribution is 2.24. The highest BCUT2D eigenvalue weighted by molar-refractivity contribution is 6.43. The number of methoxy groups -OCH3 is 1. The van der Waals surface area contributed by atoms with Crippen molar-refractivity contribution < 1.29 is 23.9 Å². The zero-order valence-corrected chi connectivity index (χ0v) is 14.7. The molecule has 0 fully saturated rings. The largest absolute Gasteiger partial charge is 0.489 e. The summed E-state index contributed by atoms with van der Waals surface area (Å²) in [5.74, 6) is -1.79. The second-order valence-electron chi connectivity index (χ2n) is 5.64. The molecule has 2 N–H and O–H groups in total. The number of rotatable bonds is 5. The Hall–Kier alpha value is -3.35. The third-order valence-electron chi connectivity index (χ3n) is 3.25. The van der Waals surface area contributed by atoms with Crippen molar-refractivity contribution in [2.75, 3.05) is 17.7 Å². The van der Waals surface area contributed by atoms with E-state index in [0.29, 0.717) is 17.1 Å². The van der Waals surface area contributed by atoms with Gasteiger partial charge < -0.3 is 20.1 Å². The Morgan fingerprint density at radius 2 is 1.62 bits per heavy atom. The number of hydrogen-bond donors (Lipinski definition) is 2. The molecule has 0 spiro atoms.